The predicted molar refractivity (Wildman–Crippen MR) is 93.9 cm³/mol. The molecular weight excluding hydrogens is 333 g/mol. The summed E-state index contributed by atoms with van der Waals surface area (Å²) in [6, 6.07) is 8.44. The fourth-order valence-electron chi connectivity index (χ4n) is 3.23. The summed E-state index contributed by atoms with van der Waals surface area (Å²) in [6.45, 7) is 0. The largest absolute Gasteiger partial charge is 0.347 e. The SMILES string of the molecule is Cn1cncc1-c1ccnc(C(=O)NC2CC(c3cccc(F)c3)C2)n1. The Hall–Kier alpha value is -3.09. The molecule has 0 atom stereocenters. The number of rotatable bonds is 4. The first-order valence-electron chi connectivity index (χ1n) is 8.46. The molecule has 1 saturated carbocycles. The number of amides is 1. The van der Waals surface area contributed by atoms with Gasteiger partial charge in [0.05, 0.1) is 23.9 Å². The minimum absolute atomic E-state index is 0.0553. The third-order valence-electron chi connectivity index (χ3n) is 4.73. The zero-order valence-electron chi connectivity index (χ0n) is 14.3. The van der Waals surface area contributed by atoms with E-state index in [1.165, 1.54) is 6.07 Å². The number of aromatic nitrogens is 4. The van der Waals surface area contributed by atoms with Crippen molar-refractivity contribution >= 4 is 5.91 Å². The number of hydrogen-bond donors (Lipinski definition) is 1. The first kappa shape index (κ1) is 16.4. The fourth-order valence-corrected chi connectivity index (χ4v) is 3.23. The molecule has 2 heterocycles. The minimum atomic E-state index is -0.295. The average Bonchev–Trinajstić information content (AvgIpc) is 3.03. The van der Waals surface area contributed by atoms with Crippen molar-refractivity contribution in [3.8, 4) is 11.4 Å². The second-order valence-electron chi connectivity index (χ2n) is 6.55. The third-order valence-corrected chi connectivity index (χ3v) is 4.73. The van der Waals surface area contributed by atoms with E-state index in [-0.39, 0.29) is 29.5 Å². The van der Waals surface area contributed by atoms with Crippen molar-refractivity contribution in [2.24, 2.45) is 7.05 Å². The minimum Gasteiger partial charge on any atom is -0.347 e. The van der Waals surface area contributed by atoms with Crippen LogP contribution < -0.4 is 5.32 Å². The molecule has 1 aliphatic rings. The Bertz CT molecular complexity index is 948. The van der Waals surface area contributed by atoms with Gasteiger partial charge in [0.25, 0.3) is 5.91 Å². The van der Waals surface area contributed by atoms with Gasteiger partial charge in [0.2, 0.25) is 5.82 Å². The molecule has 3 aromatic rings. The summed E-state index contributed by atoms with van der Waals surface area (Å²) in [4.78, 5) is 24.9. The number of imidazole rings is 1. The summed E-state index contributed by atoms with van der Waals surface area (Å²) in [7, 11) is 1.87. The molecule has 1 aromatic carbocycles. The normalized spacial score (nSPS) is 19.0. The quantitative estimate of drug-likeness (QED) is 0.784. The molecular formula is C19H18FN5O. The molecule has 0 spiro atoms. The maximum Gasteiger partial charge on any atom is 0.289 e. The highest BCUT2D eigenvalue weighted by Gasteiger charge is 2.32. The van der Waals surface area contributed by atoms with E-state index in [4.69, 9.17) is 0 Å². The number of benzene rings is 1. The molecule has 7 heteroatoms. The van der Waals surface area contributed by atoms with Crippen molar-refractivity contribution in [1.29, 1.82) is 0 Å². The van der Waals surface area contributed by atoms with E-state index in [1.807, 2.05) is 17.7 Å². The zero-order chi connectivity index (χ0) is 18.1. The lowest BCUT2D eigenvalue weighted by Crippen LogP contribution is -2.43. The molecule has 1 fully saturated rings. The van der Waals surface area contributed by atoms with Crippen molar-refractivity contribution in [2.45, 2.75) is 24.8 Å². The molecule has 0 saturated heterocycles. The van der Waals surface area contributed by atoms with Gasteiger partial charge < -0.3 is 9.88 Å². The highest BCUT2D eigenvalue weighted by atomic mass is 19.1. The van der Waals surface area contributed by atoms with Crippen LogP contribution in [0.25, 0.3) is 11.4 Å². The van der Waals surface area contributed by atoms with E-state index >= 15 is 0 Å². The molecule has 2 aromatic heterocycles. The maximum atomic E-state index is 13.3. The average molecular weight is 351 g/mol. The number of carbonyl (C=O) groups excluding carboxylic acids is 1. The fraction of sp³-hybridized carbons (Fsp3) is 0.263. The van der Waals surface area contributed by atoms with Gasteiger partial charge in [-0.15, -0.1) is 0 Å². The Morgan fingerprint density at radius 1 is 1.31 bits per heavy atom. The summed E-state index contributed by atoms with van der Waals surface area (Å²) >= 11 is 0. The molecule has 0 unspecified atom stereocenters. The van der Waals surface area contributed by atoms with E-state index in [1.54, 1.807) is 36.9 Å². The van der Waals surface area contributed by atoms with E-state index < -0.39 is 0 Å². The van der Waals surface area contributed by atoms with Gasteiger partial charge in [-0.1, -0.05) is 12.1 Å². The molecule has 26 heavy (non-hydrogen) atoms. The number of carbonyl (C=O) groups is 1. The Labute approximate surface area is 150 Å². The monoisotopic (exact) mass is 351 g/mol. The maximum absolute atomic E-state index is 13.3. The zero-order valence-corrected chi connectivity index (χ0v) is 14.3. The van der Waals surface area contributed by atoms with E-state index in [2.05, 4.69) is 20.3 Å². The highest BCUT2D eigenvalue weighted by Crippen LogP contribution is 2.37. The van der Waals surface area contributed by atoms with Crippen molar-refractivity contribution in [3.63, 3.8) is 0 Å². The van der Waals surface area contributed by atoms with Crippen LogP contribution in [0.2, 0.25) is 0 Å². The standard InChI is InChI=1S/C19H18FN5O/c1-25-11-21-10-17(25)16-5-6-22-18(24-16)19(26)23-15-8-13(9-15)12-3-2-4-14(20)7-12/h2-7,10-11,13,15H,8-9H2,1H3,(H,23,26). The first-order valence-corrected chi connectivity index (χ1v) is 8.46. The second-order valence-corrected chi connectivity index (χ2v) is 6.55. The molecule has 132 valence electrons. The molecule has 6 nitrogen and oxygen atoms in total. The summed E-state index contributed by atoms with van der Waals surface area (Å²) in [5.74, 6) is -0.109. The summed E-state index contributed by atoms with van der Waals surface area (Å²) in [5.41, 5.74) is 2.44. The second kappa shape index (κ2) is 6.67. The van der Waals surface area contributed by atoms with Crippen LogP contribution in [0.4, 0.5) is 4.39 Å². The van der Waals surface area contributed by atoms with Gasteiger partial charge in [0, 0.05) is 19.3 Å². The smallest absolute Gasteiger partial charge is 0.289 e. The van der Waals surface area contributed by atoms with Crippen LogP contribution in [-0.2, 0) is 7.05 Å². The number of halogens is 1. The number of nitrogens with zero attached hydrogens (tertiary/aromatic N) is 4. The van der Waals surface area contributed by atoms with Crippen LogP contribution in [0.5, 0.6) is 0 Å². The predicted octanol–water partition coefficient (Wildman–Crippen LogP) is 2.69. The van der Waals surface area contributed by atoms with Crippen LogP contribution in [0, 0.1) is 5.82 Å². The number of hydrogen-bond acceptors (Lipinski definition) is 4. The molecule has 4 rings (SSSR count). The Morgan fingerprint density at radius 3 is 2.88 bits per heavy atom. The highest BCUT2D eigenvalue weighted by molar-refractivity contribution is 5.91. The first-order chi connectivity index (χ1) is 12.6. The summed E-state index contributed by atoms with van der Waals surface area (Å²) < 4.78 is 15.1. The van der Waals surface area contributed by atoms with E-state index in [0.29, 0.717) is 5.69 Å². The van der Waals surface area contributed by atoms with Gasteiger partial charge in [0.1, 0.15) is 5.82 Å². The molecule has 0 aliphatic heterocycles. The lowest BCUT2D eigenvalue weighted by atomic mass is 9.76. The van der Waals surface area contributed by atoms with Gasteiger partial charge in [-0.25, -0.2) is 19.3 Å². The number of aryl methyl sites for hydroxylation is 1. The van der Waals surface area contributed by atoms with Crippen molar-refractivity contribution in [3.05, 3.63) is 66.3 Å². The van der Waals surface area contributed by atoms with Crippen LogP contribution in [0.15, 0.2) is 49.1 Å². The Balaban J connectivity index is 1.40. The van der Waals surface area contributed by atoms with Gasteiger partial charge >= 0.3 is 0 Å². The third kappa shape index (κ3) is 3.20. The van der Waals surface area contributed by atoms with Gasteiger partial charge in [-0.05, 0) is 42.5 Å². The Morgan fingerprint density at radius 2 is 2.15 bits per heavy atom. The molecule has 0 bridgehead atoms. The van der Waals surface area contributed by atoms with Gasteiger partial charge in [0.15, 0.2) is 0 Å². The topological polar surface area (TPSA) is 72.7 Å². The van der Waals surface area contributed by atoms with Crippen LogP contribution in [0.3, 0.4) is 0 Å². The Kier molecular flexibility index (Phi) is 4.20. The molecule has 1 amide bonds. The van der Waals surface area contributed by atoms with Crippen LogP contribution in [-0.4, -0.2) is 31.5 Å². The molecule has 0 radical (unpaired) electrons. The van der Waals surface area contributed by atoms with Crippen molar-refractivity contribution < 1.29 is 9.18 Å². The van der Waals surface area contributed by atoms with E-state index in [0.717, 1.165) is 24.1 Å². The van der Waals surface area contributed by atoms with Crippen molar-refractivity contribution in [2.75, 3.05) is 0 Å². The summed E-state index contributed by atoms with van der Waals surface area (Å²) in [5, 5.41) is 2.95. The van der Waals surface area contributed by atoms with Gasteiger partial charge in [-0.2, -0.15) is 0 Å². The van der Waals surface area contributed by atoms with Gasteiger partial charge in [-0.3, -0.25) is 4.79 Å². The molecule has 1 N–H and O–H groups in total. The van der Waals surface area contributed by atoms with Crippen LogP contribution >= 0.6 is 0 Å². The lowest BCUT2D eigenvalue weighted by Gasteiger charge is -2.36. The lowest BCUT2D eigenvalue weighted by molar-refractivity contribution is 0.0898. The van der Waals surface area contributed by atoms with Crippen LogP contribution in [0.1, 0.15) is 34.9 Å². The molecule has 1 aliphatic carbocycles. The van der Waals surface area contributed by atoms with E-state index in [9.17, 15) is 9.18 Å². The van der Waals surface area contributed by atoms with Crippen molar-refractivity contribution in [1.82, 2.24) is 24.8 Å². The summed E-state index contributed by atoms with van der Waals surface area (Å²) in [6.07, 6.45) is 6.52. The number of nitrogens with one attached hydrogen (secondary N) is 1.